The molecule has 0 fully saturated rings. The van der Waals surface area contributed by atoms with E-state index in [0.29, 0.717) is 16.3 Å². The summed E-state index contributed by atoms with van der Waals surface area (Å²) in [5.74, 6) is 0.198. The topological polar surface area (TPSA) is 74.1 Å². The zero-order valence-corrected chi connectivity index (χ0v) is 13.4. The quantitative estimate of drug-likeness (QED) is 0.766. The molecule has 0 aliphatic rings. The summed E-state index contributed by atoms with van der Waals surface area (Å²) < 4.78 is 43.2. The lowest BCUT2D eigenvalue weighted by molar-refractivity contribution is 0.414. The van der Waals surface area contributed by atoms with Gasteiger partial charge in [0.1, 0.15) is 30.3 Å². The summed E-state index contributed by atoms with van der Waals surface area (Å²) >= 11 is 6.05. The summed E-state index contributed by atoms with van der Waals surface area (Å²) in [5, 5.41) is 4.11. The predicted octanol–water partition coefficient (Wildman–Crippen LogP) is 2.02. The van der Waals surface area contributed by atoms with Crippen LogP contribution in [0.2, 0.25) is 5.02 Å². The fourth-order valence-electron chi connectivity index (χ4n) is 1.92. The van der Waals surface area contributed by atoms with Crippen molar-refractivity contribution in [3.8, 4) is 5.75 Å². The van der Waals surface area contributed by atoms with E-state index in [4.69, 9.17) is 16.3 Å². The largest absolute Gasteiger partial charge is 0.497 e. The molecule has 0 unspecified atom stereocenters. The number of rotatable bonds is 7. The summed E-state index contributed by atoms with van der Waals surface area (Å²) in [6, 6.07) is 4.80. The van der Waals surface area contributed by atoms with Crippen molar-refractivity contribution in [1.82, 2.24) is 14.8 Å². The number of aryl methyl sites for hydroxylation is 1. The van der Waals surface area contributed by atoms with Gasteiger partial charge in [-0.3, -0.25) is 0 Å². The number of hydrogen-bond donors (Lipinski definition) is 0. The maximum atomic E-state index is 12.4. The molecule has 6 nitrogen and oxygen atoms in total. The number of ether oxygens (including phenoxy) is 1. The second-order valence-electron chi connectivity index (χ2n) is 4.58. The van der Waals surface area contributed by atoms with Gasteiger partial charge < -0.3 is 4.74 Å². The van der Waals surface area contributed by atoms with E-state index >= 15 is 0 Å². The summed E-state index contributed by atoms with van der Waals surface area (Å²) in [5.41, 5.74) is 0.471. The molecule has 0 saturated heterocycles. The van der Waals surface area contributed by atoms with Crippen LogP contribution in [-0.4, -0.2) is 37.0 Å². The van der Waals surface area contributed by atoms with Gasteiger partial charge in [-0.25, -0.2) is 22.5 Å². The first kappa shape index (κ1) is 16.7. The number of halogens is 2. The molecular weight excluding hydrogens is 333 g/mol. The Kier molecular flexibility index (Phi) is 5.36. The van der Waals surface area contributed by atoms with Crippen LogP contribution in [0.5, 0.6) is 5.75 Å². The molecule has 1 heterocycles. The Morgan fingerprint density at radius 2 is 2.14 bits per heavy atom. The minimum atomic E-state index is -3.51. The zero-order chi connectivity index (χ0) is 16.2. The average Bonchev–Trinajstić information content (AvgIpc) is 2.88. The van der Waals surface area contributed by atoms with E-state index in [2.05, 4.69) is 10.1 Å². The van der Waals surface area contributed by atoms with E-state index in [9.17, 15) is 12.8 Å². The second kappa shape index (κ2) is 7.06. The monoisotopic (exact) mass is 347 g/mol. The Hall–Kier alpha value is -1.67. The maximum Gasteiger partial charge on any atom is 0.161 e. The first-order valence-electron chi connectivity index (χ1n) is 6.40. The highest BCUT2D eigenvalue weighted by Crippen LogP contribution is 2.24. The molecule has 0 aliphatic heterocycles. The molecule has 0 spiro atoms. The van der Waals surface area contributed by atoms with Crippen LogP contribution in [-0.2, 0) is 27.9 Å². The van der Waals surface area contributed by atoms with Crippen molar-refractivity contribution in [2.45, 2.75) is 18.1 Å². The fourth-order valence-corrected chi connectivity index (χ4v) is 3.68. The van der Waals surface area contributed by atoms with Crippen LogP contribution >= 0.6 is 11.6 Å². The fraction of sp³-hybridized carbons (Fsp3) is 0.385. The van der Waals surface area contributed by atoms with E-state index < -0.39 is 16.5 Å². The summed E-state index contributed by atoms with van der Waals surface area (Å²) in [7, 11) is -2.01. The molecule has 1 aromatic heterocycles. The lowest BCUT2D eigenvalue weighted by atomic mass is 10.2. The van der Waals surface area contributed by atoms with E-state index in [1.165, 1.54) is 18.1 Å². The molecular formula is C13H15ClFN3O3S. The van der Waals surface area contributed by atoms with Gasteiger partial charge in [0.25, 0.3) is 0 Å². The van der Waals surface area contributed by atoms with Crippen LogP contribution in [0, 0.1) is 0 Å². The molecule has 0 atom stereocenters. The number of nitrogens with zero attached hydrogens (tertiary/aromatic N) is 3. The van der Waals surface area contributed by atoms with E-state index in [1.807, 2.05) is 0 Å². The minimum Gasteiger partial charge on any atom is -0.497 e. The van der Waals surface area contributed by atoms with Gasteiger partial charge in [-0.2, -0.15) is 5.10 Å². The lowest BCUT2D eigenvalue weighted by Crippen LogP contribution is -2.14. The van der Waals surface area contributed by atoms with Crippen LogP contribution in [0.3, 0.4) is 0 Å². The van der Waals surface area contributed by atoms with Crippen LogP contribution < -0.4 is 4.74 Å². The van der Waals surface area contributed by atoms with Gasteiger partial charge in [-0.1, -0.05) is 17.7 Å². The van der Waals surface area contributed by atoms with Crippen molar-refractivity contribution in [1.29, 1.82) is 0 Å². The van der Waals surface area contributed by atoms with Crippen molar-refractivity contribution in [2.24, 2.45) is 0 Å². The Balaban J connectivity index is 2.16. The predicted molar refractivity (Wildman–Crippen MR) is 80.3 cm³/mol. The molecule has 0 N–H and O–H groups in total. The molecule has 0 aliphatic carbocycles. The first-order valence-corrected chi connectivity index (χ1v) is 8.60. The molecule has 0 radical (unpaired) electrons. The number of aromatic nitrogens is 3. The Labute approximate surface area is 132 Å². The summed E-state index contributed by atoms with van der Waals surface area (Å²) in [4.78, 5) is 3.86. The van der Waals surface area contributed by atoms with Crippen molar-refractivity contribution in [3.63, 3.8) is 0 Å². The van der Waals surface area contributed by atoms with Gasteiger partial charge in [-0.15, -0.1) is 0 Å². The van der Waals surface area contributed by atoms with Crippen LogP contribution in [0.4, 0.5) is 4.39 Å². The molecule has 1 aromatic carbocycles. The molecule has 0 saturated carbocycles. The van der Waals surface area contributed by atoms with Gasteiger partial charge >= 0.3 is 0 Å². The maximum absolute atomic E-state index is 12.4. The Morgan fingerprint density at radius 1 is 1.36 bits per heavy atom. The number of methoxy groups -OCH3 is 1. The average molecular weight is 348 g/mol. The molecule has 2 rings (SSSR count). The first-order chi connectivity index (χ1) is 10.4. The number of sulfone groups is 1. The SMILES string of the molecule is COc1ccc(CS(=O)(=O)Cc2ncnn2CCF)c(Cl)c1. The molecule has 9 heteroatoms. The molecule has 0 amide bonds. The summed E-state index contributed by atoms with van der Waals surface area (Å²) in [6.45, 7) is -0.658. The standard InChI is InChI=1S/C13H15ClFN3O3S/c1-21-11-3-2-10(12(14)6-11)7-22(19,20)8-13-16-9-17-18(13)5-4-15/h2-3,6,9H,4-5,7-8H2,1H3. The van der Waals surface area contributed by atoms with Gasteiger partial charge in [-0.05, 0) is 17.7 Å². The Bertz CT molecular complexity index is 749. The highest BCUT2D eigenvalue weighted by molar-refractivity contribution is 7.89. The third-order valence-corrected chi connectivity index (χ3v) is 4.78. The lowest BCUT2D eigenvalue weighted by Gasteiger charge is -2.08. The molecule has 2 aromatic rings. The molecule has 120 valence electrons. The van der Waals surface area contributed by atoms with Gasteiger partial charge in [0.15, 0.2) is 9.84 Å². The summed E-state index contributed by atoms with van der Waals surface area (Å²) in [6.07, 6.45) is 1.21. The normalized spacial score (nSPS) is 11.6. The number of alkyl halides is 1. The van der Waals surface area contributed by atoms with Crippen molar-refractivity contribution in [3.05, 3.63) is 40.9 Å². The Morgan fingerprint density at radius 3 is 2.77 bits per heavy atom. The van der Waals surface area contributed by atoms with E-state index in [-0.39, 0.29) is 23.9 Å². The third-order valence-electron chi connectivity index (χ3n) is 2.98. The van der Waals surface area contributed by atoms with Crippen molar-refractivity contribution < 1.29 is 17.5 Å². The smallest absolute Gasteiger partial charge is 0.161 e. The second-order valence-corrected chi connectivity index (χ2v) is 7.05. The highest BCUT2D eigenvalue weighted by atomic mass is 35.5. The van der Waals surface area contributed by atoms with Crippen LogP contribution in [0.1, 0.15) is 11.4 Å². The van der Waals surface area contributed by atoms with Gasteiger partial charge in [0.05, 0.1) is 19.4 Å². The van der Waals surface area contributed by atoms with Gasteiger partial charge in [0, 0.05) is 5.02 Å². The third kappa shape index (κ3) is 4.17. The van der Waals surface area contributed by atoms with E-state index in [1.54, 1.807) is 18.2 Å². The minimum absolute atomic E-state index is 0.0197. The number of benzene rings is 1. The van der Waals surface area contributed by atoms with Crippen molar-refractivity contribution >= 4 is 21.4 Å². The molecule has 0 bridgehead atoms. The van der Waals surface area contributed by atoms with Crippen LogP contribution in [0.25, 0.3) is 0 Å². The van der Waals surface area contributed by atoms with Crippen LogP contribution in [0.15, 0.2) is 24.5 Å². The molecule has 22 heavy (non-hydrogen) atoms. The van der Waals surface area contributed by atoms with Gasteiger partial charge in [0.2, 0.25) is 0 Å². The van der Waals surface area contributed by atoms with E-state index in [0.717, 1.165) is 0 Å². The number of hydrogen-bond acceptors (Lipinski definition) is 5. The highest BCUT2D eigenvalue weighted by Gasteiger charge is 2.19. The zero-order valence-electron chi connectivity index (χ0n) is 11.9. The van der Waals surface area contributed by atoms with Crippen molar-refractivity contribution in [2.75, 3.05) is 13.8 Å².